The standard InChI is InChI=1S/C23H19NO/c1-24-21-15-9-8-14-19(21)23(25)20(16-17-10-4-2-5-11-17)22(24)18-12-6-3-7-13-18/h2-15H,16H2,1H3. The van der Waals surface area contributed by atoms with Crippen LogP contribution in [0, 0.1) is 0 Å². The summed E-state index contributed by atoms with van der Waals surface area (Å²) < 4.78 is 2.14. The van der Waals surface area contributed by atoms with Gasteiger partial charge in [0.15, 0.2) is 5.43 Å². The number of nitrogens with zero attached hydrogens (tertiary/aromatic N) is 1. The van der Waals surface area contributed by atoms with Crippen molar-refractivity contribution in [3.05, 3.63) is 106 Å². The van der Waals surface area contributed by atoms with E-state index in [1.807, 2.05) is 67.7 Å². The summed E-state index contributed by atoms with van der Waals surface area (Å²) in [5.41, 5.74) is 5.14. The maximum Gasteiger partial charge on any atom is 0.193 e. The van der Waals surface area contributed by atoms with E-state index >= 15 is 0 Å². The molecule has 0 aliphatic rings. The Balaban J connectivity index is 2.05. The van der Waals surface area contributed by atoms with E-state index in [4.69, 9.17) is 0 Å². The van der Waals surface area contributed by atoms with Crippen LogP contribution in [0.2, 0.25) is 0 Å². The Morgan fingerprint density at radius 3 is 2.08 bits per heavy atom. The molecule has 122 valence electrons. The highest BCUT2D eigenvalue weighted by Crippen LogP contribution is 2.26. The molecular formula is C23H19NO. The summed E-state index contributed by atoms with van der Waals surface area (Å²) in [6.45, 7) is 0. The molecule has 25 heavy (non-hydrogen) atoms. The van der Waals surface area contributed by atoms with Crippen molar-refractivity contribution >= 4 is 10.9 Å². The predicted molar refractivity (Wildman–Crippen MR) is 104 cm³/mol. The second-order valence-electron chi connectivity index (χ2n) is 6.26. The molecule has 4 rings (SSSR count). The van der Waals surface area contributed by atoms with Crippen molar-refractivity contribution in [3.63, 3.8) is 0 Å². The van der Waals surface area contributed by atoms with Crippen LogP contribution in [0.5, 0.6) is 0 Å². The van der Waals surface area contributed by atoms with Gasteiger partial charge in [0.1, 0.15) is 0 Å². The maximum atomic E-state index is 13.3. The number of aryl methyl sites for hydroxylation is 1. The number of benzene rings is 3. The summed E-state index contributed by atoms with van der Waals surface area (Å²) in [5, 5.41) is 0.774. The van der Waals surface area contributed by atoms with E-state index in [0.29, 0.717) is 6.42 Å². The molecule has 0 aliphatic heterocycles. The minimum atomic E-state index is 0.122. The lowest BCUT2D eigenvalue weighted by Gasteiger charge is -2.18. The molecular weight excluding hydrogens is 306 g/mol. The lowest BCUT2D eigenvalue weighted by molar-refractivity contribution is 0.938. The SMILES string of the molecule is Cn1c(-c2ccccc2)c(Cc2ccccc2)c(=O)c2ccccc21. The Hall–Kier alpha value is -3.13. The third-order valence-electron chi connectivity index (χ3n) is 4.68. The summed E-state index contributed by atoms with van der Waals surface area (Å²) in [6, 6.07) is 28.2. The maximum absolute atomic E-state index is 13.3. The molecule has 2 nitrogen and oxygen atoms in total. The molecule has 0 N–H and O–H groups in total. The molecule has 1 heterocycles. The number of hydrogen-bond donors (Lipinski definition) is 0. The second kappa shape index (κ2) is 6.40. The first-order valence-electron chi connectivity index (χ1n) is 8.45. The minimum Gasteiger partial charge on any atom is -0.343 e. The largest absolute Gasteiger partial charge is 0.343 e. The van der Waals surface area contributed by atoms with Crippen LogP contribution in [0.3, 0.4) is 0 Å². The molecule has 3 aromatic carbocycles. The first kappa shape index (κ1) is 15.4. The van der Waals surface area contributed by atoms with Crippen molar-refractivity contribution in [1.82, 2.24) is 4.57 Å². The molecule has 2 heteroatoms. The molecule has 0 saturated heterocycles. The van der Waals surface area contributed by atoms with Crippen molar-refractivity contribution in [2.75, 3.05) is 0 Å². The van der Waals surface area contributed by atoms with Gasteiger partial charge in [-0.3, -0.25) is 4.79 Å². The van der Waals surface area contributed by atoms with E-state index in [-0.39, 0.29) is 5.43 Å². The number of hydrogen-bond acceptors (Lipinski definition) is 1. The van der Waals surface area contributed by atoms with Gasteiger partial charge in [-0.15, -0.1) is 0 Å². The first-order valence-corrected chi connectivity index (χ1v) is 8.45. The number of pyridine rings is 1. The molecule has 1 aromatic heterocycles. The average molecular weight is 325 g/mol. The van der Waals surface area contributed by atoms with Gasteiger partial charge in [-0.25, -0.2) is 0 Å². The summed E-state index contributed by atoms with van der Waals surface area (Å²) in [4.78, 5) is 13.3. The zero-order valence-corrected chi connectivity index (χ0v) is 14.1. The van der Waals surface area contributed by atoms with Crippen molar-refractivity contribution in [1.29, 1.82) is 0 Å². The Morgan fingerprint density at radius 2 is 1.36 bits per heavy atom. The molecule has 0 saturated carbocycles. The van der Waals surface area contributed by atoms with Crippen LogP contribution in [0.4, 0.5) is 0 Å². The van der Waals surface area contributed by atoms with Crippen molar-refractivity contribution in [3.8, 4) is 11.3 Å². The fourth-order valence-electron chi connectivity index (χ4n) is 3.48. The molecule has 4 aromatic rings. The Labute approximate surface area is 147 Å². The van der Waals surface area contributed by atoms with Gasteiger partial charge in [-0.2, -0.15) is 0 Å². The van der Waals surface area contributed by atoms with E-state index in [2.05, 4.69) is 28.8 Å². The fourth-order valence-corrected chi connectivity index (χ4v) is 3.48. The van der Waals surface area contributed by atoms with Crippen LogP contribution >= 0.6 is 0 Å². The molecule has 0 aliphatic carbocycles. The fraction of sp³-hybridized carbons (Fsp3) is 0.0870. The number of para-hydroxylation sites is 1. The smallest absolute Gasteiger partial charge is 0.193 e. The van der Waals surface area contributed by atoms with Gasteiger partial charge in [0, 0.05) is 24.4 Å². The normalized spacial score (nSPS) is 10.9. The Bertz CT molecular complexity index is 1080. The van der Waals surface area contributed by atoms with E-state index in [1.54, 1.807) is 0 Å². The predicted octanol–water partition coefficient (Wildman–Crippen LogP) is 4.80. The molecule has 0 bridgehead atoms. The van der Waals surface area contributed by atoms with Gasteiger partial charge in [0.2, 0.25) is 0 Å². The summed E-state index contributed by atoms with van der Waals surface area (Å²) in [7, 11) is 2.04. The lowest BCUT2D eigenvalue weighted by Crippen LogP contribution is -2.17. The number of fused-ring (bicyclic) bond motifs is 1. The number of rotatable bonds is 3. The van der Waals surface area contributed by atoms with Gasteiger partial charge in [-0.05, 0) is 23.3 Å². The first-order chi connectivity index (χ1) is 12.3. The molecule has 0 spiro atoms. The van der Waals surface area contributed by atoms with Crippen LogP contribution in [0.15, 0.2) is 89.7 Å². The highest BCUT2D eigenvalue weighted by atomic mass is 16.1. The van der Waals surface area contributed by atoms with Crippen molar-refractivity contribution in [2.45, 2.75) is 6.42 Å². The van der Waals surface area contributed by atoms with Gasteiger partial charge >= 0.3 is 0 Å². The Morgan fingerprint density at radius 1 is 0.760 bits per heavy atom. The Kier molecular flexibility index (Phi) is 3.95. The van der Waals surface area contributed by atoms with E-state index < -0.39 is 0 Å². The molecule has 0 amide bonds. The second-order valence-corrected chi connectivity index (χ2v) is 6.26. The molecule has 0 atom stereocenters. The summed E-state index contributed by atoms with van der Waals surface area (Å²) in [6.07, 6.45) is 0.628. The topological polar surface area (TPSA) is 22.0 Å². The van der Waals surface area contributed by atoms with E-state index in [1.165, 1.54) is 0 Å². The average Bonchev–Trinajstić information content (AvgIpc) is 2.68. The molecule has 0 fully saturated rings. The zero-order chi connectivity index (χ0) is 17.2. The third kappa shape index (κ3) is 2.76. The van der Waals surface area contributed by atoms with Crippen molar-refractivity contribution < 1.29 is 0 Å². The third-order valence-corrected chi connectivity index (χ3v) is 4.68. The van der Waals surface area contributed by atoms with Crippen LogP contribution < -0.4 is 5.43 Å². The quantitative estimate of drug-likeness (QED) is 0.530. The van der Waals surface area contributed by atoms with Crippen LogP contribution in [-0.4, -0.2) is 4.57 Å². The highest BCUT2D eigenvalue weighted by Gasteiger charge is 2.16. The van der Waals surface area contributed by atoms with E-state index in [9.17, 15) is 4.79 Å². The van der Waals surface area contributed by atoms with Gasteiger partial charge < -0.3 is 4.57 Å². The van der Waals surface area contributed by atoms with Gasteiger partial charge in [-0.1, -0.05) is 72.8 Å². The zero-order valence-electron chi connectivity index (χ0n) is 14.1. The summed E-state index contributed by atoms with van der Waals surface area (Å²) in [5.74, 6) is 0. The minimum absolute atomic E-state index is 0.122. The molecule has 0 unspecified atom stereocenters. The summed E-state index contributed by atoms with van der Waals surface area (Å²) >= 11 is 0. The van der Waals surface area contributed by atoms with Crippen LogP contribution in [0.25, 0.3) is 22.2 Å². The lowest BCUT2D eigenvalue weighted by atomic mass is 9.96. The monoisotopic (exact) mass is 325 g/mol. The molecule has 0 radical (unpaired) electrons. The highest BCUT2D eigenvalue weighted by molar-refractivity contribution is 5.84. The van der Waals surface area contributed by atoms with Crippen LogP contribution in [0.1, 0.15) is 11.1 Å². The number of aromatic nitrogens is 1. The van der Waals surface area contributed by atoms with E-state index in [0.717, 1.165) is 33.3 Å². The van der Waals surface area contributed by atoms with Crippen LogP contribution in [-0.2, 0) is 13.5 Å². The van der Waals surface area contributed by atoms with Crippen molar-refractivity contribution in [2.24, 2.45) is 7.05 Å². The van der Waals surface area contributed by atoms with Gasteiger partial charge in [0.05, 0.1) is 11.2 Å². The van der Waals surface area contributed by atoms with Gasteiger partial charge in [0.25, 0.3) is 0 Å².